The SMILES string of the molecule is CCN(C)Cc1ccc(NC(=O)c2ccc(C)c(C#Cc3ccc(OC)nn3)c2)cc1C(F)(F)F. The summed E-state index contributed by atoms with van der Waals surface area (Å²) in [4.78, 5) is 14.6. The lowest BCUT2D eigenvalue weighted by molar-refractivity contribution is -0.138. The van der Waals surface area contributed by atoms with Crippen LogP contribution in [0.25, 0.3) is 0 Å². The fraction of sp³-hybridized carbons (Fsp3) is 0.269. The normalized spacial score (nSPS) is 11.1. The maximum Gasteiger partial charge on any atom is 0.416 e. The molecule has 1 aromatic heterocycles. The van der Waals surface area contributed by atoms with Crippen molar-refractivity contribution < 1.29 is 22.7 Å². The number of carbonyl (C=O) groups excluding carboxylic acids is 1. The van der Waals surface area contributed by atoms with Crippen molar-refractivity contribution >= 4 is 11.6 Å². The van der Waals surface area contributed by atoms with E-state index in [1.807, 2.05) is 13.8 Å². The summed E-state index contributed by atoms with van der Waals surface area (Å²) >= 11 is 0. The van der Waals surface area contributed by atoms with Crippen LogP contribution < -0.4 is 10.1 Å². The number of anilines is 1. The molecular weight excluding hydrogens is 457 g/mol. The molecule has 0 saturated carbocycles. The molecule has 0 spiro atoms. The topological polar surface area (TPSA) is 67.4 Å². The minimum Gasteiger partial charge on any atom is -0.480 e. The zero-order valence-electron chi connectivity index (χ0n) is 19.8. The Labute approximate surface area is 202 Å². The number of rotatable bonds is 6. The number of alkyl halides is 3. The predicted molar refractivity (Wildman–Crippen MR) is 127 cm³/mol. The van der Waals surface area contributed by atoms with Gasteiger partial charge in [0.25, 0.3) is 5.91 Å². The summed E-state index contributed by atoms with van der Waals surface area (Å²) in [5.41, 5.74) is 1.55. The van der Waals surface area contributed by atoms with Gasteiger partial charge in [-0.15, -0.1) is 10.2 Å². The van der Waals surface area contributed by atoms with Crippen LogP contribution in [0.1, 0.15) is 45.2 Å². The quantitative estimate of drug-likeness (QED) is 0.506. The third-order valence-corrected chi connectivity index (χ3v) is 5.33. The zero-order chi connectivity index (χ0) is 25.6. The van der Waals surface area contributed by atoms with Gasteiger partial charge in [0.1, 0.15) is 5.69 Å². The van der Waals surface area contributed by atoms with Crippen molar-refractivity contribution in [3.05, 3.63) is 82.0 Å². The molecular formula is C26H25F3N4O2. The standard InChI is InChI=1S/C26H25F3N4O2/c1-5-33(3)16-20-9-11-22(15-23(20)26(27,28)29)30-25(34)19-7-6-17(2)18(14-19)8-10-21-12-13-24(35-4)32-31-21/h6-7,9,11-15H,5,16H2,1-4H3,(H,30,34). The average Bonchev–Trinajstić information content (AvgIpc) is 2.84. The van der Waals surface area contributed by atoms with E-state index in [0.29, 0.717) is 23.7 Å². The minimum atomic E-state index is -4.54. The first-order chi connectivity index (χ1) is 16.6. The van der Waals surface area contributed by atoms with Crippen molar-refractivity contribution in [2.75, 3.05) is 26.0 Å². The Balaban J connectivity index is 1.83. The van der Waals surface area contributed by atoms with Crippen LogP contribution >= 0.6 is 0 Å². The molecule has 182 valence electrons. The first-order valence-corrected chi connectivity index (χ1v) is 10.8. The van der Waals surface area contributed by atoms with Crippen molar-refractivity contribution in [2.24, 2.45) is 0 Å². The smallest absolute Gasteiger partial charge is 0.416 e. The first kappa shape index (κ1) is 25.7. The highest BCUT2D eigenvalue weighted by atomic mass is 19.4. The van der Waals surface area contributed by atoms with Crippen LogP contribution in [0.5, 0.6) is 5.88 Å². The van der Waals surface area contributed by atoms with Gasteiger partial charge in [-0.05, 0) is 67.9 Å². The number of carbonyl (C=O) groups is 1. The molecule has 0 bridgehead atoms. The lowest BCUT2D eigenvalue weighted by Gasteiger charge is -2.19. The summed E-state index contributed by atoms with van der Waals surface area (Å²) in [6, 6.07) is 12.0. The molecule has 0 aliphatic carbocycles. The van der Waals surface area contributed by atoms with Crippen molar-refractivity contribution in [3.63, 3.8) is 0 Å². The van der Waals surface area contributed by atoms with E-state index in [4.69, 9.17) is 4.74 Å². The number of nitrogens with one attached hydrogen (secondary N) is 1. The molecule has 35 heavy (non-hydrogen) atoms. The van der Waals surface area contributed by atoms with Crippen LogP contribution in [0.15, 0.2) is 48.5 Å². The molecule has 9 heteroatoms. The molecule has 0 saturated heterocycles. The van der Waals surface area contributed by atoms with Crippen LogP contribution in [0.4, 0.5) is 18.9 Å². The van der Waals surface area contributed by atoms with Crippen LogP contribution in [0.3, 0.4) is 0 Å². The molecule has 0 radical (unpaired) electrons. The van der Waals surface area contributed by atoms with Gasteiger partial charge in [0, 0.05) is 29.4 Å². The molecule has 1 N–H and O–H groups in total. The summed E-state index contributed by atoms with van der Waals surface area (Å²) in [5.74, 6) is 5.67. The fourth-order valence-electron chi connectivity index (χ4n) is 3.19. The van der Waals surface area contributed by atoms with E-state index in [0.717, 1.165) is 11.6 Å². The molecule has 0 atom stereocenters. The van der Waals surface area contributed by atoms with Gasteiger partial charge in [-0.1, -0.05) is 25.0 Å². The summed E-state index contributed by atoms with van der Waals surface area (Å²) in [7, 11) is 3.23. The molecule has 3 rings (SSSR count). The van der Waals surface area contributed by atoms with Gasteiger partial charge in [0.05, 0.1) is 12.7 Å². The van der Waals surface area contributed by atoms with Gasteiger partial charge < -0.3 is 15.0 Å². The van der Waals surface area contributed by atoms with Crippen molar-refractivity contribution in [3.8, 4) is 17.7 Å². The van der Waals surface area contributed by atoms with E-state index in [1.54, 1.807) is 42.3 Å². The van der Waals surface area contributed by atoms with Gasteiger partial charge in [-0.25, -0.2) is 0 Å². The Hall–Kier alpha value is -3.90. The van der Waals surface area contributed by atoms with Crippen molar-refractivity contribution in [1.82, 2.24) is 15.1 Å². The predicted octanol–water partition coefficient (Wildman–Crippen LogP) is 4.92. The number of amides is 1. The summed E-state index contributed by atoms with van der Waals surface area (Å²) in [5, 5.41) is 10.4. The first-order valence-electron chi connectivity index (χ1n) is 10.8. The highest BCUT2D eigenvalue weighted by Crippen LogP contribution is 2.34. The van der Waals surface area contributed by atoms with E-state index >= 15 is 0 Å². The molecule has 0 aliphatic rings. The third kappa shape index (κ3) is 6.80. The van der Waals surface area contributed by atoms with Gasteiger partial charge in [-0.3, -0.25) is 4.79 Å². The Morgan fingerprint density at radius 1 is 1.09 bits per heavy atom. The lowest BCUT2D eigenvalue weighted by Crippen LogP contribution is -2.20. The Bertz CT molecular complexity index is 1260. The maximum atomic E-state index is 13.6. The summed E-state index contributed by atoms with van der Waals surface area (Å²) in [6.07, 6.45) is -4.54. The molecule has 3 aromatic rings. The monoisotopic (exact) mass is 482 g/mol. The number of hydrogen-bond donors (Lipinski definition) is 1. The van der Waals surface area contributed by atoms with Gasteiger partial charge in [-0.2, -0.15) is 13.2 Å². The van der Waals surface area contributed by atoms with E-state index in [1.165, 1.54) is 19.2 Å². The van der Waals surface area contributed by atoms with E-state index in [2.05, 4.69) is 27.4 Å². The minimum absolute atomic E-state index is 0.0620. The van der Waals surface area contributed by atoms with Crippen molar-refractivity contribution in [2.45, 2.75) is 26.6 Å². The number of ether oxygens (including phenoxy) is 1. The second kappa shape index (κ2) is 11.0. The molecule has 0 aliphatic heterocycles. The third-order valence-electron chi connectivity index (χ3n) is 5.33. The number of benzene rings is 2. The highest BCUT2D eigenvalue weighted by molar-refractivity contribution is 6.04. The highest BCUT2D eigenvalue weighted by Gasteiger charge is 2.33. The van der Waals surface area contributed by atoms with Gasteiger partial charge >= 0.3 is 6.18 Å². The Kier molecular flexibility index (Phi) is 8.10. The second-order valence-electron chi connectivity index (χ2n) is 7.89. The zero-order valence-corrected chi connectivity index (χ0v) is 19.8. The number of nitrogens with zero attached hydrogens (tertiary/aromatic N) is 3. The maximum absolute atomic E-state index is 13.6. The van der Waals surface area contributed by atoms with E-state index < -0.39 is 17.6 Å². The van der Waals surface area contributed by atoms with Crippen LogP contribution in [0, 0.1) is 18.8 Å². The lowest BCUT2D eigenvalue weighted by atomic mass is 10.0. The average molecular weight is 483 g/mol. The number of hydrogen-bond acceptors (Lipinski definition) is 5. The van der Waals surface area contributed by atoms with Gasteiger partial charge in [0.2, 0.25) is 5.88 Å². The fourth-order valence-corrected chi connectivity index (χ4v) is 3.19. The Morgan fingerprint density at radius 3 is 2.49 bits per heavy atom. The van der Waals surface area contributed by atoms with E-state index in [-0.39, 0.29) is 23.4 Å². The molecule has 2 aromatic carbocycles. The van der Waals surface area contributed by atoms with Crippen LogP contribution in [-0.4, -0.2) is 41.7 Å². The molecule has 1 amide bonds. The number of methoxy groups -OCH3 is 1. The molecule has 0 fully saturated rings. The van der Waals surface area contributed by atoms with Crippen molar-refractivity contribution in [1.29, 1.82) is 0 Å². The van der Waals surface area contributed by atoms with Crippen LogP contribution in [-0.2, 0) is 12.7 Å². The van der Waals surface area contributed by atoms with Gasteiger partial charge in [0.15, 0.2) is 0 Å². The second-order valence-corrected chi connectivity index (χ2v) is 7.89. The molecule has 6 nitrogen and oxygen atoms in total. The summed E-state index contributed by atoms with van der Waals surface area (Å²) in [6.45, 7) is 4.47. The molecule has 1 heterocycles. The summed E-state index contributed by atoms with van der Waals surface area (Å²) < 4.78 is 45.9. The largest absolute Gasteiger partial charge is 0.480 e. The van der Waals surface area contributed by atoms with E-state index in [9.17, 15) is 18.0 Å². The number of aromatic nitrogens is 2. The number of halogens is 3. The Morgan fingerprint density at radius 2 is 1.86 bits per heavy atom. The van der Waals surface area contributed by atoms with Crippen LogP contribution in [0.2, 0.25) is 0 Å². The number of aryl methyl sites for hydroxylation is 1. The molecule has 0 unspecified atom stereocenters.